The largest absolute Gasteiger partial charge is 0.373 e. The lowest BCUT2D eigenvalue weighted by atomic mass is 10.1. The molecular formula is C15H21N3S. The van der Waals surface area contributed by atoms with Crippen molar-refractivity contribution < 1.29 is 0 Å². The number of anilines is 1. The van der Waals surface area contributed by atoms with Crippen LogP contribution in [-0.2, 0) is 6.54 Å². The van der Waals surface area contributed by atoms with Crippen molar-refractivity contribution in [3.63, 3.8) is 0 Å². The summed E-state index contributed by atoms with van der Waals surface area (Å²) in [6, 6.07) is 10.5. The summed E-state index contributed by atoms with van der Waals surface area (Å²) in [6.45, 7) is 1.85. The number of rotatable bonds is 6. The van der Waals surface area contributed by atoms with Gasteiger partial charge in [0.2, 0.25) is 0 Å². The second-order valence-electron chi connectivity index (χ2n) is 4.59. The number of para-hydroxylation sites is 1. The van der Waals surface area contributed by atoms with Crippen molar-refractivity contribution in [2.24, 2.45) is 0 Å². The first-order valence-corrected chi connectivity index (χ1v) is 7.89. The number of nitrogens with zero attached hydrogens (tertiary/aromatic N) is 2. The molecule has 3 nitrogen and oxygen atoms in total. The van der Waals surface area contributed by atoms with Crippen LogP contribution in [0.4, 0.5) is 5.69 Å². The monoisotopic (exact) mass is 275 g/mol. The van der Waals surface area contributed by atoms with E-state index >= 15 is 0 Å². The summed E-state index contributed by atoms with van der Waals surface area (Å²) < 4.78 is 0. The molecule has 0 aliphatic heterocycles. The molecule has 0 fully saturated rings. The summed E-state index contributed by atoms with van der Waals surface area (Å²) in [6.07, 6.45) is 2.14. The van der Waals surface area contributed by atoms with Crippen molar-refractivity contribution in [2.75, 3.05) is 37.5 Å². The van der Waals surface area contributed by atoms with Crippen molar-refractivity contribution in [1.29, 1.82) is 0 Å². The minimum absolute atomic E-state index is 0.800. The standard InChI is InChI=1S/C15H21N3S/c1-16-11-12-10-15(18(2)8-9-19-3)13-6-4-5-7-14(13)17-12/h4-7,10,16H,8-9,11H2,1-3H3. The van der Waals surface area contributed by atoms with Crippen LogP contribution in [0.15, 0.2) is 30.3 Å². The normalized spacial score (nSPS) is 10.9. The molecule has 2 aromatic rings. The van der Waals surface area contributed by atoms with Gasteiger partial charge in [0.05, 0.1) is 11.2 Å². The second kappa shape index (κ2) is 6.78. The number of hydrogen-bond donors (Lipinski definition) is 1. The molecular weight excluding hydrogens is 254 g/mol. The number of thioether (sulfide) groups is 1. The minimum atomic E-state index is 0.800. The molecule has 0 radical (unpaired) electrons. The number of fused-ring (bicyclic) bond motifs is 1. The second-order valence-corrected chi connectivity index (χ2v) is 5.58. The van der Waals surface area contributed by atoms with Gasteiger partial charge in [-0.2, -0.15) is 11.8 Å². The third kappa shape index (κ3) is 3.39. The molecule has 19 heavy (non-hydrogen) atoms. The smallest absolute Gasteiger partial charge is 0.0726 e. The van der Waals surface area contributed by atoms with Crippen molar-refractivity contribution in [2.45, 2.75) is 6.54 Å². The van der Waals surface area contributed by atoms with Gasteiger partial charge in [-0.3, -0.25) is 4.98 Å². The number of nitrogens with one attached hydrogen (secondary N) is 1. The van der Waals surface area contributed by atoms with Gasteiger partial charge in [0.25, 0.3) is 0 Å². The number of pyridine rings is 1. The van der Waals surface area contributed by atoms with E-state index in [9.17, 15) is 0 Å². The fourth-order valence-corrected chi connectivity index (χ4v) is 2.60. The summed E-state index contributed by atoms with van der Waals surface area (Å²) in [5, 5.41) is 4.40. The van der Waals surface area contributed by atoms with Gasteiger partial charge in [0, 0.05) is 37.0 Å². The number of aromatic nitrogens is 1. The van der Waals surface area contributed by atoms with Crippen LogP contribution in [0.3, 0.4) is 0 Å². The van der Waals surface area contributed by atoms with Crippen LogP contribution in [0.5, 0.6) is 0 Å². The van der Waals surface area contributed by atoms with Gasteiger partial charge >= 0.3 is 0 Å². The maximum absolute atomic E-state index is 4.69. The fourth-order valence-electron chi connectivity index (χ4n) is 2.15. The zero-order chi connectivity index (χ0) is 13.7. The summed E-state index contributed by atoms with van der Waals surface area (Å²) >= 11 is 1.87. The summed E-state index contributed by atoms with van der Waals surface area (Å²) in [5.74, 6) is 1.13. The Bertz CT molecular complexity index is 542. The SMILES string of the molecule is CNCc1cc(N(C)CCSC)c2ccccc2n1. The Hall–Kier alpha value is -1.26. The van der Waals surface area contributed by atoms with Gasteiger partial charge in [-0.15, -0.1) is 0 Å². The molecule has 1 aromatic carbocycles. The van der Waals surface area contributed by atoms with Gasteiger partial charge < -0.3 is 10.2 Å². The molecule has 4 heteroatoms. The molecule has 0 atom stereocenters. The van der Waals surface area contributed by atoms with Crippen molar-refractivity contribution in [1.82, 2.24) is 10.3 Å². The van der Waals surface area contributed by atoms with Gasteiger partial charge in [0.15, 0.2) is 0 Å². The minimum Gasteiger partial charge on any atom is -0.373 e. The molecule has 0 unspecified atom stereocenters. The van der Waals surface area contributed by atoms with Crippen LogP contribution < -0.4 is 10.2 Å². The highest BCUT2D eigenvalue weighted by molar-refractivity contribution is 7.98. The molecule has 0 amide bonds. The van der Waals surface area contributed by atoms with E-state index in [1.807, 2.05) is 24.9 Å². The Morgan fingerprint density at radius 3 is 2.84 bits per heavy atom. The van der Waals surface area contributed by atoms with Gasteiger partial charge in [-0.25, -0.2) is 0 Å². The van der Waals surface area contributed by atoms with Gasteiger partial charge in [0.1, 0.15) is 0 Å². The highest BCUT2D eigenvalue weighted by atomic mass is 32.2. The highest BCUT2D eigenvalue weighted by Gasteiger charge is 2.09. The Morgan fingerprint density at radius 1 is 1.32 bits per heavy atom. The van der Waals surface area contributed by atoms with E-state index in [-0.39, 0.29) is 0 Å². The Kier molecular flexibility index (Phi) is 5.05. The lowest BCUT2D eigenvalue weighted by Gasteiger charge is -2.21. The van der Waals surface area contributed by atoms with E-state index in [1.165, 1.54) is 11.1 Å². The molecule has 0 aliphatic rings. The van der Waals surface area contributed by atoms with E-state index in [1.54, 1.807) is 0 Å². The predicted molar refractivity (Wildman–Crippen MR) is 86.2 cm³/mol. The van der Waals surface area contributed by atoms with Crippen molar-refractivity contribution >= 4 is 28.4 Å². The first-order valence-electron chi connectivity index (χ1n) is 6.49. The topological polar surface area (TPSA) is 28.2 Å². The van der Waals surface area contributed by atoms with Gasteiger partial charge in [-0.05, 0) is 25.4 Å². The third-order valence-corrected chi connectivity index (χ3v) is 3.74. The zero-order valence-electron chi connectivity index (χ0n) is 11.8. The van der Waals surface area contributed by atoms with Crippen molar-refractivity contribution in [3.8, 4) is 0 Å². The number of hydrogen-bond acceptors (Lipinski definition) is 4. The quantitative estimate of drug-likeness (QED) is 0.877. The zero-order valence-corrected chi connectivity index (χ0v) is 12.6. The van der Waals surface area contributed by atoms with Crippen LogP contribution in [0.25, 0.3) is 10.9 Å². The van der Waals surface area contributed by atoms with E-state index in [2.05, 4.69) is 47.8 Å². The van der Waals surface area contributed by atoms with Crippen LogP contribution >= 0.6 is 11.8 Å². The summed E-state index contributed by atoms with van der Waals surface area (Å²) in [7, 11) is 4.11. The summed E-state index contributed by atoms with van der Waals surface area (Å²) in [4.78, 5) is 7.01. The third-order valence-electron chi connectivity index (χ3n) is 3.15. The van der Waals surface area contributed by atoms with Gasteiger partial charge in [-0.1, -0.05) is 18.2 Å². The average Bonchev–Trinajstić information content (AvgIpc) is 2.44. The molecule has 0 aliphatic carbocycles. The molecule has 1 N–H and O–H groups in total. The highest BCUT2D eigenvalue weighted by Crippen LogP contribution is 2.26. The Morgan fingerprint density at radius 2 is 2.11 bits per heavy atom. The first-order chi connectivity index (χ1) is 9.26. The van der Waals surface area contributed by atoms with Crippen LogP contribution in [0.1, 0.15) is 5.69 Å². The lowest BCUT2D eigenvalue weighted by molar-refractivity contribution is 0.794. The summed E-state index contributed by atoms with van der Waals surface area (Å²) in [5.41, 5.74) is 3.43. The average molecular weight is 275 g/mol. The molecule has 0 bridgehead atoms. The maximum atomic E-state index is 4.69. The molecule has 1 aromatic heterocycles. The van der Waals surface area contributed by atoms with Crippen LogP contribution in [0, 0.1) is 0 Å². The van der Waals surface area contributed by atoms with E-state index < -0.39 is 0 Å². The molecule has 0 spiro atoms. The van der Waals surface area contributed by atoms with E-state index in [4.69, 9.17) is 4.98 Å². The fraction of sp³-hybridized carbons (Fsp3) is 0.400. The van der Waals surface area contributed by atoms with Crippen LogP contribution in [0.2, 0.25) is 0 Å². The van der Waals surface area contributed by atoms with E-state index in [0.717, 1.165) is 30.1 Å². The lowest BCUT2D eigenvalue weighted by Crippen LogP contribution is -2.21. The Balaban J connectivity index is 2.43. The molecule has 102 valence electrons. The molecule has 1 heterocycles. The molecule has 2 rings (SSSR count). The molecule has 0 saturated heterocycles. The maximum Gasteiger partial charge on any atom is 0.0726 e. The molecule has 0 saturated carbocycles. The Labute approximate surface area is 119 Å². The van der Waals surface area contributed by atoms with E-state index in [0.29, 0.717) is 0 Å². The van der Waals surface area contributed by atoms with Crippen molar-refractivity contribution in [3.05, 3.63) is 36.0 Å². The number of benzene rings is 1. The predicted octanol–water partition coefficient (Wildman–Crippen LogP) is 2.75. The van der Waals surface area contributed by atoms with Crippen LogP contribution in [-0.4, -0.2) is 37.6 Å². The first kappa shape index (κ1) is 14.2.